The molecule has 0 amide bonds. The molecule has 0 aliphatic heterocycles. The molecule has 3 nitrogen and oxygen atoms in total. The normalized spacial score (nSPS) is 19.0. The highest BCUT2D eigenvalue weighted by Gasteiger charge is 2.31. The number of hydrogen-bond donors (Lipinski definition) is 2. The number of hydrogen-bond acceptors (Lipinski definition) is 3. The highest BCUT2D eigenvalue weighted by atomic mass is 16.3. The second kappa shape index (κ2) is 7.92. The topological polar surface area (TPSA) is 35.5 Å². The summed E-state index contributed by atoms with van der Waals surface area (Å²) in [6.45, 7) is 4.53. The van der Waals surface area contributed by atoms with Gasteiger partial charge in [-0.1, -0.05) is 50.1 Å². The van der Waals surface area contributed by atoms with Crippen LogP contribution in [0, 0.1) is 0 Å². The Hall–Kier alpha value is -0.900. The molecule has 2 rings (SSSR count). The maximum absolute atomic E-state index is 10.00. The summed E-state index contributed by atoms with van der Waals surface area (Å²) in [4.78, 5) is 2.59. The molecule has 21 heavy (non-hydrogen) atoms. The fourth-order valence-electron chi connectivity index (χ4n) is 3.62. The second-order valence-electron chi connectivity index (χ2n) is 6.17. The van der Waals surface area contributed by atoms with Crippen LogP contribution >= 0.6 is 0 Å². The molecule has 0 radical (unpaired) electrons. The van der Waals surface area contributed by atoms with Crippen molar-refractivity contribution in [2.24, 2.45) is 0 Å². The SMILES string of the molecule is CCN(CCC(CO)(NC)c1ccccc1)C1CCCC1. The summed E-state index contributed by atoms with van der Waals surface area (Å²) in [7, 11) is 1.95. The monoisotopic (exact) mass is 290 g/mol. The van der Waals surface area contributed by atoms with Gasteiger partial charge in [0, 0.05) is 12.6 Å². The Labute approximate surface area is 129 Å². The van der Waals surface area contributed by atoms with E-state index in [9.17, 15) is 5.11 Å². The van der Waals surface area contributed by atoms with E-state index >= 15 is 0 Å². The minimum absolute atomic E-state index is 0.135. The van der Waals surface area contributed by atoms with Crippen molar-refractivity contribution < 1.29 is 5.11 Å². The van der Waals surface area contributed by atoms with Gasteiger partial charge in [0.2, 0.25) is 0 Å². The number of nitrogens with one attached hydrogen (secondary N) is 1. The predicted octanol–water partition coefficient (Wildman–Crippen LogP) is 2.75. The van der Waals surface area contributed by atoms with Gasteiger partial charge in [0.25, 0.3) is 0 Å². The first kappa shape index (κ1) is 16.5. The molecule has 0 spiro atoms. The van der Waals surface area contributed by atoms with Crippen molar-refractivity contribution in [1.82, 2.24) is 10.2 Å². The molecular weight excluding hydrogens is 260 g/mol. The minimum Gasteiger partial charge on any atom is -0.394 e. The molecule has 1 aromatic carbocycles. The van der Waals surface area contributed by atoms with Crippen molar-refractivity contribution in [2.45, 2.75) is 50.6 Å². The number of rotatable bonds is 8. The summed E-state index contributed by atoms with van der Waals surface area (Å²) in [5.74, 6) is 0. The molecule has 0 bridgehead atoms. The first-order chi connectivity index (χ1) is 10.3. The van der Waals surface area contributed by atoms with E-state index in [1.165, 1.54) is 31.2 Å². The van der Waals surface area contributed by atoms with Crippen molar-refractivity contribution in [3.8, 4) is 0 Å². The molecular formula is C18H30N2O. The van der Waals surface area contributed by atoms with E-state index in [1.54, 1.807) is 0 Å². The van der Waals surface area contributed by atoms with Crippen LogP contribution in [0.5, 0.6) is 0 Å². The maximum atomic E-state index is 10.00. The van der Waals surface area contributed by atoms with Crippen molar-refractivity contribution in [3.05, 3.63) is 35.9 Å². The summed E-state index contributed by atoms with van der Waals surface area (Å²) in [5.41, 5.74) is 0.852. The van der Waals surface area contributed by atoms with Crippen LogP contribution in [-0.4, -0.2) is 42.8 Å². The molecule has 3 heteroatoms. The van der Waals surface area contributed by atoms with Crippen LogP contribution in [0.3, 0.4) is 0 Å². The summed E-state index contributed by atoms with van der Waals surface area (Å²) < 4.78 is 0. The zero-order chi connectivity index (χ0) is 15.1. The van der Waals surface area contributed by atoms with Crippen molar-refractivity contribution in [3.63, 3.8) is 0 Å². The highest BCUT2D eigenvalue weighted by Crippen LogP contribution is 2.28. The predicted molar refractivity (Wildman–Crippen MR) is 88.4 cm³/mol. The summed E-state index contributed by atoms with van der Waals surface area (Å²) >= 11 is 0. The fraction of sp³-hybridized carbons (Fsp3) is 0.667. The second-order valence-corrected chi connectivity index (χ2v) is 6.17. The number of benzene rings is 1. The molecule has 1 aromatic rings. The maximum Gasteiger partial charge on any atom is 0.0678 e. The van der Waals surface area contributed by atoms with Gasteiger partial charge in [-0.05, 0) is 38.4 Å². The Morgan fingerprint density at radius 1 is 1.24 bits per heavy atom. The summed E-state index contributed by atoms with van der Waals surface area (Å²) in [6.07, 6.45) is 6.36. The molecule has 2 N–H and O–H groups in total. The van der Waals surface area contributed by atoms with Crippen LogP contribution in [-0.2, 0) is 5.54 Å². The zero-order valence-electron chi connectivity index (χ0n) is 13.5. The Kier molecular flexibility index (Phi) is 6.22. The Morgan fingerprint density at radius 2 is 1.90 bits per heavy atom. The number of aliphatic hydroxyl groups excluding tert-OH is 1. The van der Waals surface area contributed by atoms with E-state index < -0.39 is 0 Å². The van der Waals surface area contributed by atoms with Crippen LogP contribution in [0.1, 0.15) is 44.6 Å². The molecule has 0 heterocycles. The Bertz CT molecular complexity index is 397. The van der Waals surface area contributed by atoms with Gasteiger partial charge >= 0.3 is 0 Å². The summed E-state index contributed by atoms with van der Waals surface area (Å²) in [6, 6.07) is 11.1. The van der Waals surface area contributed by atoms with Crippen LogP contribution in [0.25, 0.3) is 0 Å². The average Bonchev–Trinajstić information content (AvgIpc) is 3.07. The van der Waals surface area contributed by atoms with Crippen molar-refractivity contribution >= 4 is 0 Å². The number of aliphatic hydroxyl groups is 1. The number of nitrogens with zero attached hydrogens (tertiary/aromatic N) is 1. The molecule has 1 aliphatic rings. The zero-order valence-corrected chi connectivity index (χ0v) is 13.5. The molecule has 1 unspecified atom stereocenters. The quantitative estimate of drug-likeness (QED) is 0.773. The molecule has 1 fully saturated rings. The minimum atomic E-state index is -0.326. The van der Waals surface area contributed by atoms with Gasteiger partial charge in [0.1, 0.15) is 0 Å². The molecule has 0 saturated heterocycles. The van der Waals surface area contributed by atoms with Crippen LogP contribution < -0.4 is 5.32 Å². The first-order valence-electron chi connectivity index (χ1n) is 8.35. The molecule has 0 aromatic heterocycles. The van der Waals surface area contributed by atoms with Crippen molar-refractivity contribution in [2.75, 3.05) is 26.7 Å². The third-order valence-corrected chi connectivity index (χ3v) is 5.15. The van der Waals surface area contributed by atoms with Crippen LogP contribution in [0.2, 0.25) is 0 Å². The lowest BCUT2D eigenvalue weighted by molar-refractivity contribution is 0.125. The van der Waals surface area contributed by atoms with E-state index in [4.69, 9.17) is 0 Å². The van der Waals surface area contributed by atoms with Gasteiger partial charge in [-0.3, -0.25) is 0 Å². The van der Waals surface area contributed by atoms with E-state index in [1.807, 2.05) is 25.2 Å². The van der Waals surface area contributed by atoms with Gasteiger partial charge in [-0.25, -0.2) is 0 Å². The lowest BCUT2D eigenvalue weighted by Gasteiger charge is -2.36. The van der Waals surface area contributed by atoms with Crippen LogP contribution in [0.4, 0.5) is 0 Å². The van der Waals surface area contributed by atoms with Gasteiger partial charge in [-0.2, -0.15) is 0 Å². The van der Waals surface area contributed by atoms with Gasteiger partial charge in [0.15, 0.2) is 0 Å². The fourth-order valence-corrected chi connectivity index (χ4v) is 3.62. The van der Waals surface area contributed by atoms with E-state index in [0.717, 1.165) is 25.6 Å². The number of likely N-dealkylation sites (N-methyl/N-ethyl adjacent to an activating group) is 1. The lowest BCUT2D eigenvalue weighted by Crippen LogP contribution is -2.47. The lowest BCUT2D eigenvalue weighted by atomic mass is 9.87. The smallest absolute Gasteiger partial charge is 0.0678 e. The standard InChI is InChI=1S/C18H30N2O/c1-3-20(17-11-7-8-12-17)14-13-18(15-21,19-2)16-9-5-4-6-10-16/h4-6,9-10,17,19,21H,3,7-8,11-15H2,1-2H3. The van der Waals surface area contributed by atoms with E-state index in [2.05, 4.69) is 29.3 Å². The molecule has 1 aliphatic carbocycles. The van der Waals surface area contributed by atoms with Gasteiger partial charge in [0.05, 0.1) is 12.1 Å². The van der Waals surface area contributed by atoms with Crippen LogP contribution in [0.15, 0.2) is 30.3 Å². The third-order valence-electron chi connectivity index (χ3n) is 5.15. The first-order valence-corrected chi connectivity index (χ1v) is 8.35. The summed E-state index contributed by atoms with van der Waals surface area (Å²) in [5, 5.41) is 13.4. The van der Waals surface area contributed by atoms with E-state index in [-0.39, 0.29) is 12.1 Å². The Balaban J connectivity index is 2.05. The van der Waals surface area contributed by atoms with Gasteiger partial charge in [-0.15, -0.1) is 0 Å². The molecule has 118 valence electrons. The highest BCUT2D eigenvalue weighted by molar-refractivity contribution is 5.24. The van der Waals surface area contributed by atoms with E-state index in [0.29, 0.717) is 0 Å². The largest absolute Gasteiger partial charge is 0.394 e. The molecule has 1 atom stereocenters. The van der Waals surface area contributed by atoms with Crippen molar-refractivity contribution in [1.29, 1.82) is 0 Å². The molecule has 1 saturated carbocycles. The third kappa shape index (κ3) is 3.85. The average molecular weight is 290 g/mol. The van der Waals surface area contributed by atoms with Gasteiger partial charge < -0.3 is 15.3 Å². The Morgan fingerprint density at radius 3 is 2.43 bits per heavy atom.